The van der Waals surface area contributed by atoms with Crippen molar-refractivity contribution in [2.75, 3.05) is 13.2 Å². The van der Waals surface area contributed by atoms with Crippen LogP contribution in [0.25, 0.3) is 99.5 Å². The van der Waals surface area contributed by atoms with Gasteiger partial charge in [0.05, 0.1) is 58.0 Å². The van der Waals surface area contributed by atoms with Crippen molar-refractivity contribution in [3.63, 3.8) is 0 Å². The van der Waals surface area contributed by atoms with Crippen LogP contribution in [0.5, 0.6) is 0 Å². The minimum atomic E-state index is -1.54. The normalized spacial score (nSPS) is 11.5. The Kier molecular flexibility index (Phi) is 42.5. The first-order valence-corrected chi connectivity index (χ1v) is 45.6. The second-order valence-electron chi connectivity index (χ2n) is 32.2. The maximum Gasteiger partial charge on any atom is 1.00 e. The summed E-state index contributed by atoms with van der Waals surface area (Å²) in [5, 5.41) is 78.5. The second-order valence-corrected chi connectivity index (χ2v) is 33.3. The van der Waals surface area contributed by atoms with E-state index in [1.54, 1.807) is 131 Å². The summed E-state index contributed by atoms with van der Waals surface area (Å²) in [4.78, 5) is 128. The van der Waals surface area contributed by atoms with Crippen LogP contribution in [0.15, 0.2) is 305 Å². The molecule has 146 heavy (non-hydrogen) atoms. The van der Waals surface area contributed by atoms with Crippen LogP contribution >= 0.6 is 35.0 Å². The number of hydrogen-bond donors (Lipinski definition) is 11. The number of halogens is 2. The van der Waals surface area contributed by atoms with Gasteiger partial charge in [0, 0.05) is 159 Å². The van der Waals surface area contributed by atoms with Crippen molar-refractivity contribution >= 4 is 155 Å². The van der Waals surface area contributed by atoms with Crippen LogP contribution < -0.4 is 68.6 Å². The topological polar surface area (TPSA) is 585 Å². The summed E-state index contributed by atoms with van der Waals surface area (Å²) >= 11 is 2.00. The number of primary amides is 3. The number of rotatable bonds is 26. The molecule has 0 aliphatic carbocycles. The molecule has 5 unspecified atom stereocenters. The quantitative estimate of drug-likeness (QED) is 0.0115. The molecule has 0 aliphatic heterocycles. The van der Waals surface area contributed by atoms with Crippen LogP contribution in [0, 0.1) is 3.70 Å². The van der Waals surface area contributed by atoms with Crippen molar-refractivity contribution in [2.45, 2.75) is 63.4 Å². The number of carbonyl (C=O) groups is 9. The Hall–Kier alpha value is -15.9. The molecule has 5 amide bonds. The van der Waals surface area contributed by atoms with Gasteiger partial charge in [0.25, 0.3) is 17.7 Å². The molecule has 42 heteroatoms. The van der Waals surface area contributed by atoms with E-state index in [9.17, 15) is 58.5 Å². The number of carboxylic acid groups (broad SMARTS) is 1. The average molecular weight is 2120 g/mol. The van der Waals surface area contributed by atoms with Crippen LogP contribution in [-0.4, -0.2) is 209 Å². The molecule has 0 saturated carbocycles. The van der Waals surface area contributed by atoms with Crippen molar-refractivity contribution < 1.29 is 113 Å². The predicted octanol–water partition coefficient (Wildman–Crippen LogP) is 6.77. The van der Waals surface area contributed by atoms with Gasteiger partial charge in [0.2, 0.25) is 17.6 Å². The van der Waals surface area contributed by atoms with E-state index in [2.05, 4.69) is 61.0 Å². The minimum Gasteiger partial charge on any atom is -0.870 e. The van der Waals surface area contributed by atoms with Crippen LogP contribution in [0.2, 0.25) is 0 Å². The monoisotopic (exact) mass is 2110 g/mol. The van der Waals surface area contributed by atoms with Crippen LogP contribution in [0.1, 0.15) is 82.3 Å². The number of esters is 2. The standard InChI is InChI=1S/C24H23N5O3.C24H21N5O3.C16H15N3O2.C14H11N3O2.C10H14N2O2.C9H8BNO2.C7H9IN2O2.ClH.Na.H2O/c2*1-29-14-18(21(28-29)17-10-9-16-8-5-11-26-19(16)13-17)24(32)27-20(22(30)23(25)31)12-15-6-3-2-4-7-15;1-3-21-16(20)13-10-19(2)18-15(13)12-7-6-11-5-4-8-17-14(11)9-12;1-17-8-11(14(18)19)13(16-17)10-5-4-9-3-2-6-15-12(9)7-10;11-8(9(13)10(12)14)6-7-4-2-1-3-5-7;12-10(13)8-4-3-7-2-1-5-11-9(7)6-8;1-3-12-7(11)5-4-10(2)9-6(5)8;;;/h2-11,13-14,20,22,30H,12H2,1H3,(H2,25,31)(H,27,32);2-11,13-14,20H,12H2,1H3,(H2,25,31)(H,27,32);4-10H,3H2,1-2H3;2-8H,1H3,(H,18,19);1-5,8-9,13H,6,11H2,(H2,12,14);1-6,12-13H;4H,3H2,1-2H3;1H;;1H2/q;;;;;;;;+1;/p-1. The number of ether oxygens (including phenoxy) is 2. The second kappa shape index (κ2) is 54.6. The zero-order valence-corrected chi connectivity index (χ0v) is 85.3. The average Bonchev–Trinajstić information content (AvgIpc) is 1.66. The van der Waals surface area contributed by atoms with Crippen molar-refractivity contribution in [3.05, 3.63) is 353 Å². The number of aliphatic hydroxyl groups excluding tert-OH is 2. The molecule has 10 heterocycles. The molecule has 5 atom stereocenters. The number of benzene rings is 8. The molecular weight excluding hydrogens is 2010 g/mol. The Morgan fingerprint density at radius 3 is 1.06 bits per heavy atom. The number of carbonyl (C=O) groups excluding carboxylic acids is 8. The first-order valence-electron chi connectivity index (χ1n) is 44.5. The van der Waals surface area contributed by atoms with Gasteiger partial charge in [-0.3, -0.25) is 77.1 Å². The van der Waals surface area contributed by atoms with Gasteiger partial charge in [-0.2, -0.15) is 25.5 Å². The van der Waals surface area contributed by atoms with E-state index >= 15 is 0 Å². The molecule has 8 aromatic carbocycles. The number of pyridine rings is 5. The Morgan fingerprint density at radius 1 is 0.397 bits per heavy atom. The Morgan fingerprint density at radius 2 is 0.712 bits per heavy atom. The maximum atomic E-state index is 13.2. The molecule has 0 spiro atoms. The van der Waals surface area contributed by atoms with Gasteiger partial charge in [-0.1, -0.05) is 182 Å². The first kappa shape index (κ1) is 114. The Bertz CT molecular complexity index is 7570. The number of amides is 5. The third-order valence-electron chi connectivity index (χ3n) is 21.7. The minimum absolute atomic E-state index is 0. The molecule has 0 aliphatic rings. The molecule has 0 saturated heterocycles. The molecule has 16 N–H and O–H groups in total. The SMILES string of the molecule is CCOC(=O)c1cn(C)nc1-c1ccc2cccnc2c1.CCOC(=O)c1cn(C)nc1I.Cl.Cn1cc(C(=O)NC(Cc2ccccc2)C(=O)C(N)=O)c(-c2ccc3cccnc3c2)n1.Cn1cc(C(=O)NC(Cc2ccccc2)C(O)C(N)=O)c(-c2ccc3cccnc3c2)n1.Cn1cc(C(=O)O)c(-c2ccc3cccnc3c2)n1.NC(=O)C(O)C(N)Cc1ccccc1.OB(O)c1ccc2cccnc2c1.[Na+].[OH-]. The third-order valence-corrected chi connectivity index (χ3v) is 22.5. The molecule has 0 radical (unpaired) electrons. The summed E-state index contributed by atoms with van der Waals surface area (Å²) in [6, 6.07) is 72.1. The number of nitrogens with zero attached hydrogens (tertiary/aromatic N) is 15. The van der Waals surface area contributed by atoms with Crippen molar-refractivity contribution in [2.24, 2.45) is 58.2 Å². The fraction of sp³-hybridized carbons (Fsp3) is 0.163. The van der Waals surface area contributed by atoms with Crippen molar-refractivity contribution in [1.82, 2.24) is 84.5 Å². The summed E-state index contributed by atoms with van der Waals surface area (Å²) in [6.07, 6.45) is 14.5. The van der Waals surface area contributed by atoms with E-state index in [-0.39, 0.29) is 83.3 Å². The number of hydrogen-bond acceptors (Lipinski definition) is 27. The van der Waals surface area contributed by atoms with Crippen LogP contribution in [-0.2, 0) is 83.2 Å². The maximum absolute atomic E-state index is 13.2. The van der Waals surface area contributed by atoms with Gasteiger partial charge in [-0.15, -0.1) is 12.4 Å². The molecule has 38 nitrogen and oxygen atoms in total. The summed E-state index contributed by atoms with van der Waals surface area (Å²) in [6.45, 7) is 4.30. The van der Waals surface area contributed by atoms with E-state index in [0.29, 0.717) is 73.8 Å². The molecule has 10 aromatic heterocycles. The Labute approximate surface area is 878 Å². The van der Waals surface area contributed by atoms with Crippen LogP contribution in [0.3, 0.4) is 0 Å². The first-order chi connectivity index (χ1) is 68.7. The number of aromatic nitrogens is 15. The summed E-state index contributed by atoms with van der Waals surface area (Å²) in [5.41, 5.74) is 35.0. The largest absolute Gasteiger partial charge is 1.00 e. The number of ketones is 1. The number of aromatic carboxylic acids is 1. The number of Topliss-reactive ketones (excluding diaryl/α,β-unsaturated/α-hetero) is 1. The number of fused-ring (bicyclic) bond motifs is 5. The smallest absolute Gasteiger partial charge is 0.870 e. The molecular formula is C104H103BClIN21NaO17. The summed E-state index contributed by atoms with van der Waals surface area (Å²) in [5.74, 6) is -6.28. The third kappa shape index (κ3) is 31.1. The number of aliphatic hydroxyl groups is 2. The molecule has 18 aromatic rings. The molecule has 0 bridgehead atoms. The van der Waals surface area contributed by atoms with Gasteiger partial charge in [0.15, 0.2) is 6.10 Å². The fourth-order valence-corrected chi connectivity index (χ4v) is 15.5. The van der Waals surface area contributed by atoms with Crippen molar-refractivity contribution in [3.8, 4) is 45.0 Å². The van der Waals surface area contributed by atoms with E-state index in [0.717, 1.165) is 87.9 Å². The van der Waals surface area contributed by atoms with Gasteiger partial charge in [-0.25, -0.2) is 14.4 Å². The summed E-state index contributed by atoms with van der Waals surface area (Å²) < 4.78 is 18.4. The molecule has 0 fully saturated rings. The number of aryl methyl sites for hydroxylation is 5. The number of nitrogens with two attached hydrogens (primary N) is 4. The van der Waals surface area contributed by atoms with Crippen molar-refractivity contribution in [1.29, 1.82) is 0 Å². The van der Waals surface area contributed by atoms with Gasteiger partial charge in [0.1, 0.15) is 55.3 Å². The fourth-order valence-electron chi connectivity index (χ4n) is 14.8. The molecule has 744 valence electrons. The van der Waals surface area contributed by atoms with E-state index in [1.807, 2.05) is 253 Å². The van der Waals surface area contributed by atoms with Gasteiger partial charge >= 0.3 is 54.6 Å². The predicted molar refractivity (Wildman–Crippen MR) is 557 cm³/mol. The van der Waals surface area contributed by atoms with Gasteiger partial charge < -0.3 is 73.9 Å². The zero-order valence-electron chi connectivity index (χ0n) is 80.3. The van der Waals surface area contributed by atoms with E-state index in [1.165, 1.54) is 15.6 Å². The van der Waals surface area contributed by atoms with Gasteiger partial charge in [-0.05, 0) is 132 Å². The molecule has 18 rings (SSSR count). The number of nitrogens with one attached hydrogen (secondary N) is 2. The van der Waals surface area contributed by atoms with E-state index in [4.69, 9.17) is 42.5 Å². The number of carboxylic acids is 1. The van der Waals surface area contributed by atoms with E-state index < -0.39 is 78.7 Å². The van der Waals surface area contributed by atoms with Crippen LogP contribution in [0.4, 0.5) is 0 Å². The Balaban J connectivity index is 0.000000195. The zero-order chi connectivity index (χ0) is 103. The summed E-state index contributed by atoms with van der Waals surface area (Å²) in [7, 11) is 7.26.